The Balaban J connectivity index is 1.40. The molecular formula is C20H20N6O4. The molecule has 4 heterocycles. The number of nitrogens with zero attached hydrogens (tertiary/aromatic N) is 2. The van der Waals surface area contributed by atoms with Gasteiger partial charge in [-0.15, -0.1) is 0 Å². The third-order valence-electron chi connectivity index (χ3n) is 5.81. The fraction of sp³-hybridized carbons (Fsp3) is 0.350. The Hall–Kier alpha value is -3.53. The highest BCUT2D eigenvalue weighted by Crippen LogP contribution is 2.30. The summed E-state index contributed by atoms with van der Waals surface area (Å²) in [6, 6.07) is 4.12. The summed E-state index contributed by atoms with van der Waals surface area (Å²) < 4.78 is 0. The van der Waals surface area contributed by atoms with Gasteiger partial charge in [0.05, 0.1) is 16.8 Å². The maximum atomic E-state index is 13.1. The molecule has 1 atom stereocenters. The molecule has 4 amide bonds. The van der Waals surface area contributed by atoms with Gasteiger partial charge in [-0.25, -0.2) is 0 Å². The highest BCUT2D eigenvalue weighted by molar-refractivity contribution is 6.24. The number of amides is 4. The number of H-pyrrole nitrogens is 1. The van der Waals surface area contributed by atoms with Crippen molar-refractivity contribution in [1.82, 2.24) is 25.7 Å². The number of imide groups is 2. The molecule has 2 aromatic rings. The van der Waals surface area contributed by atoms with Crippen LogP contribution in [0.1, 0.15) is 50.4 Å². The van der Waals surface area contributed by atoms with Crippen molar-refractivity contribution < 1.29 is 19.2 Å². The molecule has 1 aromatic heterocycles. The monoisotopic (exact) mass is 408 g/mol. The SMILES string of the molecule is O=C1CCC(N2C(=O)c3cccc(CNc4n[nH]c5c4CCNC5)c3C2=O)C(=O)N1. The van der Waals surface area contributed by atoms with Crippen LogP contribution in [0.5, 0.6) is 0 Å². The van der Waals surface area contributed by atoms with Gasteiger partial charge >= 0.3 is 0 Å². The van der Waals surface area contributed by atoms with E-state index in [1.54, 1.807) is 18.2 Å². The predicted octanol–water partition coefficient (Wildman–Crippen LogP) is 0.0687. The molecule has 0 radical (unpaired) electrons. The minimum Gasteiger partial charge on any atom is -0.364 e. The molecule has 4 N–H and O–H groups in total. The Bertz CT molecular complexity index is 1090. The third-order valence-corrected chi connectivity index (χ3v) is 5.81. The number of rotatable bonds is 4. The van der Waals surface area contributed by atoms with E-state index in [1.165, 1.54) is 0 Å². The zero-order chi connectivity index (χ0) is 20.8. The first-order chi connectivity index (χ1) is 14.5. The summed E-state index contributed by atoms with van der Waals surface area (Å²) in [6.45, 7) is 1.92. The lowest BCUT2D eigenvalue weighted by atomic mass is 10.0. The second-order valence-corrected chi connectivity index (χ2v) is 7.60. The molecule has 3 aliphatic rings. The molecule has 3 aliphatic heterocycles. The Morgan fingerprint density at radius 3 is 2.83 bits per heavy atom. The lowest BCUT2D eigenvalue weighted by Crippen LogP contribution is -2.54. The summed E-state index contributed by atoms with van der Waals surface area (Å²) >= 11 is 0. The van der Waals surface area contributed by atoms with Crippen LogP contribution >= 0.6 is 0 Å². The average Bonchev–Trinajstić information content (AvgIpc) is 3.26. The van der Waals surface area contributed by atoms with Crippen LogP contribution in [0.3, 0.4) is 0 Å². The lowest BCUT2D eigenvalue weighted by molar-refractivity contribution is -0.136. The van der Waals surface area contributed by atoms with Crippen molar-refractivity contribution in [2.45, 2.75) is 38.4 Å². The smallest absolute Gasteiger partial charge is 0.262 e. The van der Waals surface area contributed by atoms with E-state index in [9.17, 15) is 19.2 Å². The van der Waals surface area contributed by atoms with Crippen molar-refractivity contribution in [3.05, 3.63) is 46.1 Å². The zero-order valence-corrected chi connectivity index (χ0v) is 16.1. The van der Waals surface area contributed by atoms with Crippen molar-refractivity contribution in [1.29, 1.82) is 0 Å². The summed E-state index contributed by atoms with van der Waals surface area (Å²) in [7, 11) is 0. The summed E-state index contributed by atoms with van der Waals surface area (Å²) in [5.74, 6) is -1.28. The van der Waals surface area contributed by atoms with Gasteiger partial charge in [0.2, 0.25) is 11.8 Å². The van der Waals surface area contributed by atoms with E-state index in [4.69, 9.17) is 0 Å². The van der Waals surface area contributed by atoms with Crippen molar-refractivity contribution in [3.8, 4) is 0 Å². The van der Waals surface area contributed by atoms with Gasteiger partial charge in [-0.1, -0.05) is 12.1 Å². The normalized spacial score (nSPS) is 20.8. The molecule has 1 fully saturated rings. The number of benzene rings is 1. The quantitative estimate of drug-likeness (QED) is 0.526. The van der Waals surface area contributed by atoms with E-state index < -0.39 is 29.7 Å². The van der Waals surface area contributed by atoms with Gasteiger partial charge in [0.25, 0.3) is 11.8 Å². The van der Waals surface area contributed by atoms with Crippen molar-refractivity contribution in [2.24, 2.45) is 0 Å². The van der Waals surface area contributed by atoms with Gasteiger partial charge in [0.1, 0.15) is 6.04 Å². The number of carbonyl (C=O) groups excluding carboxylic acids is 4. The largest absolute Gasteiger partial charge is 0.364 e. The molecule has 0 aliphatic carbocycles. The minimum absolute atomic E-state index is 0.0946. The topological polar surface area (TPSA) is 136 Å². The van der Waals surface area contributed by atoms with E-state index in [1.807, 2.05) is 0 Å². The van der Waals surface area contributed by atoms with Crippen LogP contribution in [0.15, 0.2) is 18.2 Å². The number of hydrogen-bond donors (Lipinski definition) is 4. The maximum absolute atomic E-state index is 13.1. The number of aromatic nitrogens is 2. The maximum Gasteiger partial charge on any atom is 0.262 e. The van der Waals surface area contributed by atoms with Crippen molar-refractivity contribution >= 4 is 29.4 Å². The molecule has 5 rings (SSSR count). The standard InChI is InChI=1S/C20H20N6O4/c27-15-5-4-14(18(28)23-15)26-19(29)12-3-1-2-10(16(12)20(26)30)8-22-17-11-6-7-21-9-13(11)24-25-17/h1-3,14,21H,4-9H2,(H2,22,24,25)(H,23,27,28). The number of aromatic amines is 1. The molecule has 154 valence electrons. The van der Waals surface area contributed by atoms with Crippen LogP contribution in [0, 0.1) is 0 Å². The Kier molecular flexibility index (Phi) is 4.35. The predicted molar refractivity (Wildman–Crippen MR) is 104 cm³/mol. The van der Waals surface area contributed by atoms with E-state index in [0.717, 1.165) is 41.5 Å². The van der Waals surface area contributed by atoms with Crippen LogP contribution in [-0.4, -0.2) is 51.3 Å². The average molecular weight is 408 g/mol. The van der Waals surface area contributed by atoms with Crippen LogP contribution in [-0.2, 0) is 29.1 Å². The fourth-order valence-electron chi connectivity index (χ4n) is 4.30. The summed E-state index contributed by atoms with van der Waals surface area (Å²) in [6.07, 6.45) is 1.08. The molecule has 0 saturated carbocycles. The number of carbonyl (C=O) groups is 4. The van der Waals surface area contributed by atoms with Gasteiger partial charge in [-0.05, 0) is 31.0 Å². The number of fused-ring (bicyclic) bond motifs is 2. The minimum atomic E-state index is -0.971. The summed E-state index contributed by atoms with van der Waals surface area (Å²) in [5.41, 5.74) is 3.39. The lowest BCUT2D eigenvalue weighted by Gasteiger charge is -2.27. The second kappa shape index (κ2) is 7.06. The fourth-order valence-corrected chi connectivity index (χ4v) is 4.30. The Labute approximate surface area is 171 Å². The van der Waals surface area contributed by atoms with E-state index in [2.05, 4.69) is 26.1 Å². The van der Waals surface area contributed by atoms with Gasteiger partial charge in [0, 0.05) is 25.1 Å². The molecule has 1 saturated heterocycles. The van der Waals surface area contributed by atoms with E-state index in [-0.39, 0.29) is 18.4 Å². The Morgan fingerprint density at radius 1 is 1.13 bits per heavy atom. The number of nitrogens with one attached hydrogen (secondary N) is 4. The van der Waals surface area contributed by atoms with Crippen LogP contribution in [0.4, 0.5) is 5.82 Å². The van der Waals surface area contributed by atoms with Crippen LogP contribution in [0.25, 0.3) is 0 Å². The highest BCUT2D eigenvalue weighted by Gasteiger charge is 2.45. The summed E-state index contributed by atoms with van der Waals surface area (Å²) in [4.78, 5) is 50.7. The number of piperidine rings is 1. The molecule has 0 bridgehead atoms. The van der Waals surface area contributed by atoms with E-state index >= 15 is 0 Å². The van der Waals surface area contributed by atoms with Crippen LogP contribution < -0.4 is 16.0 Å². The van der Waals surface area contributed by atoms with Gasteiger partial charge < -0.3 is 10.6 Å². The molecule has 10 nitrogen and oxygen atoms in total. The zero-order valence-electron chi connectivity index (χ0n) is 16.1. The molecule has 10 heteroatoms. The molecule has 1 aromatic carbocycles. The van der Waals surface area contributed by atoms with Gasteiger partial charge in [-0.2, -0.15) is 5.10 Å². The number of hydrogen-bond acceptors (Lipinski definition) is 7. The van der Waals surface area contributed by atoms with Crippen LogP contribution in [0.2, 0.25) is 0 Å². The van der Waals surface area contributed by atoms with Gasteiger partial charge in [-0.3, -0.25) is 34.5 Å². The third kappa shape index (κ3) is 2.88. The van der Waals surface area contributed by atoms with Crippen molar-refractivity contribution in [2.75, 3.05) is 11.9 Å². The number of anilines is 1. The highest BCUT2D eigenvalue weighted by atomic mass is 16.2. The van der Waals surface area contributed by atoms with Gasteiger partial charge in [0.15, 0.2) is 5.82 Å². The van der Waals surface area contributed by atoms with E-state index in [0.29, 0.717) is 17.7 Å². The first kappa shape index (κ1) is 18.5. The van der Waals surface area contributed by atoms with Crippen molar-refractivity contribution in [3.63, 3.8) is 0 Å². The molecule has 30 heavy (non-hydrogen) atoms. The molecule has 1 unspecified atom stereocenters. The Morgan fingerprint density at radius 2 is 2.00 bits per heavy atom. The first-order valence-corrected chi connectivity index (χ1v) is 9.88. The molecular weight excluding hydrogens is 388 g/mol. The summed E-state index contributed by atoms with van der Waals surface area (Å²) in [5, 5.41) is 16.1. The molecule has 0 spiro atoms. The first-order valence-electron chi connectivity index (χ1n) is 9.88. The second-order valence-electron chi connectivity index (χ2n) is 7.60.